The molecule has 0 aliphatic heterocycles. The summed E-state index contributed by atoms with van der Waals surface area (Å²) in [6.07, 6.45) is 1.86. The van der Waals surface area contributed by atoms with Crippen LogP contribution in [0, 0.1) is 5.82 Å². The molecule has 0 spiro atoms. The molecule has 0 aliphatic rings. The van der Waals surface area contributed by atoms with Gasteiger partial charge in [0, 0.05) is 12.5 Å². The molecule has 1 aromatic carbocycles. The number of benzene rings is 1. The van der Waals surface area contributed by atoms with Gasteiger partial charge < -0.3 is 9.52 Å². The van der Waals surface area contributed by atoms with E-state index in [4.69, 9.17) is 9.52 Å². The lowest BCUT2D eigenvalue weighted by molar-refractivity contribution is 0.281. The molecule has 2 rings (SSSR count). The first kappa shape index (κ1) is 15.7. The number of halogens is 1. The van der Waals surface area contributed by atoms with E-state index in [0.717, 1.165) is 12.1 Å². The fourth-order valence-corrected chi connectivity index (χ4v) is 3.32. The van der Waals surface area contributed by atoms with E-state index in [1.54, 1.807) is 19.1 Å². The quantitative estimate of drug-likeness (QED) is 0.852. The molecule has 5 nitrogen and oxygen atoms in total. The van der Waals surface area contributed by atoms with Crippen LogP contribution in [0.15, 0.2) is 45.9 Å². The van der Waals surface area contributed by atoms with Crippen molar-refractivity contribution < 1.29 is 22.3 Å². The molecule has 0 saturated carbocycles. The van der Waals surface area contributed by atoms with Crippen LogP contribution in [0.4, 0.5) is 4.39 Å². The summed E-state index contributed by atoms with van der Waals surface area (Å²) in [5.74, 6) is -0.223. The van der Waals surface area contributed by atoms with Crippen LogP contribution < -0.4 is 4.72 Å². The second kappa shape index (κ2) is 6.38. The maximum atomic E-state index is 13.7. The molecule has 1 unspecified atom stereocenters. The molecule has 0 amide bonds. The van der Waals surface area contributed by atoms with Crippen molar-refractivity contribution in [2.45, 2.75) is 30.9 Å². The van der Waals surface area contributed by atoms with Crippen LogP contribution in [0.25, 0.3) is 0 Å². The topological polar surface area (TPSA) is 79.5 Å². The Kier molecular flexibility index (Phi) is 4.76. The molecule has 1 heterocycles. The van der Waals surface area contributed by atoms with Gasteiger partial charge in [0.1, 0.15) is 16.5 Å². The second-order valence-electron chi connectivity index (χ2n) is 4.73. The Morgan fingerprint density at radius 1 is 1.38 bits per heavy atom. The van der Waals surface area contributed by atoms with Gasteiger partial charge in [-0.05, 0) is 36.8 Å². The molecular weight excluding hydrogens is 297 g/mol. The number of nitrogens with one attached hydrogen (secondary N) is 1. The van der Waals surface area contributed by atoms with Gasteiger partial charge in [0.25, 0.3) is 0 Å². The van der Waals surface area contributed by atoms with Gasteiger partial charge >= 0.3 is 0 Å². The number of rotatable bonds is 6. The Morgan fingerprint density at radius 2 is 2.14 bits per heavy atom. The van der Waals surface area contributed by atoms with Gasteiger partial charge in [-0.15, -0.1) is 0 Å². The minimum Gasteiger partial charge on any atom is -0.469 e. The first-order chi connectivity index (χ1) is 9.92. The highest BCUT2D eigenvalue weighted by Gasteiger charge is 2.22. The maximum Gasteiger partial charge on any atom is 0.243 e. The van der Waals surface area contributed by atoms with E-state index in [0.29, 0.717) is 17.7 Å². The maximum absolute atomic E-state index is 13.7. The molecule has 2 N–H and O–H groups in total. The third-order valence-corrected chi connectivity index (χ3v) is 4.52. The summed E-state index contributed by atoms with van der Waals surface area (Å²) in [5.41, 5.74) is 0.329. The van der Waals surface area contributed by atoms with Crippen LogP contribution in [-0.4, -0.2) is 19.6 Å². The van der Waals surface area contributed by atoms with E-state index in [9.17, 15) is 12.8 Å². The Balaban J connectivity index is 2.18. The highest BCUT2D eigenvalue weighted by Crippen LogP contribution is 2.17. The van der Waals surface area contributed by atoms with E-state index in [1.165, 1.54) is 12.3 Å². The largest absolute Gasteiger partial charge is 0.469 e. The average Bonchev–Trinajstić information content (AvgIpc) is 2.91. The fraction of sp³-hybridized carbons (Fsp3) is 0.286. The zero-order valence-electron chi connectivity index (χ0n) is 11.4. The van der Waals surface area contributed by atoms with Gasteiger partial charge in [0.2, 0.25) is 10.0 Å². The number of sulfonamides is 1. The van der Waals surface area contributed by atoms with Gasteiger partial charge in [-0.1, -0.05) is 6.07 Å². The lowest BCUT2D eigenvalue weighted by Gasteiger charge is -2.14. The SMILES string of the molecule is CC(Cc1ccco1)NS(=O)(=O)c1cc(CO)ccc1F. The van der Waals surface area contributed by atoms with Gasteiger partial charge in [0.05, 0.1) is 12.9 Å². The molecular formula is C14H16FNO4S. The van der Waals surface area contributed by atoms with E-state index in [2.05, 4.69) is 4.72 Å². The minimum absolute atomic E-state index is 0.329. The minimum atomic E-state index is -4.00. The van der Waals surface area contributed by atoms with Crippen molar-refractivity contribution in [2.24, 2.45) is 0 Å². The fourth-order valence-electron chi connectivity index (χ4n) is 1.95. The van der Waals surface area contributed by atoms with Crippen molar-refractivity contribution in [3.63, 3.8) is 0 Å². The summed E-state index contributed by atoms with van der Waals surface area (Å²) < 4.78 is 45.6. The van der Waals surface area contributed by atoms with Crippen LogP contribution in [0.1, 0.15) is 18.2 Å². The molecule has 2 aromatic rings. The Hall–Kier alpha value is -1.70. The predicted octanol–water partition coefficient (Wildman–Crippen LogP) is 1.82. The average molecular weight is 313 g/mol. The second-order valence-corrected chi connectivity index (χ2v) is 6.41. The van der Waals surface area contributed by atoms with E-state index in [-0.39, 0.29) is 6.61 Å². The smallest absolute Gasteiger partial charge is 0.243 e. The molecule has 21 heavy (non-hydrogen) atoms. The third kappa shape index (κ3) is 3.90. The van der Waals surface area contributed by atoms with Gasteiger partial charge in [-0.2, -0.15) is 0 Å². The Morgan fingerprint density at radius 3 is 2.76 bits per heavy atom. The Labute approximate surface area is 122 Å². The van der Waals surface area contributed by atoms with Crippen molar-refractivity contribution in [1.82, 2.24) is 4.72 Å². The first-order valence-electron chi connectivity index (χ1n) is 6.36. The molecule has 1 aromatic heterocycles. The van der Waals surface area contributed by atoms with Gasteiger partial charge in [-0.3, -0.25) is 0 Å². The predicted molar refractivity (Wildman–Crippen MR) is 74.5 cm³/mol. The zero-order chi connectivity index (χ0) is 15.5. The molecule has 0 fully saturated rings. The number of hydrogen-bond acceptors (Lipinski definition) is 4. The number of aliphatic hydroxyl groups is 1. The third-order valence-electron chi connectivity index (χ3n) is 2.91. The molecule has 1 atom stereocenters. The van der Waals surface area contributed by atoms with E-state index >= 15 is 0 Å². The highest BCUT2D eigenvalue weighted by molar-refractivity contribution is 7.89. The van der Waals surface area contributed by atoms with Crippen LogP contribution >= 0.6 is 0 Å². The van der Waals surface area contributed by atoms with Gasteiger partial charge in [-0.25, -0.2) is 17.5 Å². The van der Waals surface area contributed by atoms with Crippen LogP contribution in [0.2, 0.25) is 0 Å². The zero-order valence-corrected chi connectivity index (χ0v) is 12.2. The Bertz CT molecular complexity index is 698. The molecule has 0 saturated heterocycles. The van der Waals surface area contributed by atoms with Crippen molar-refractivity contribution in [2.75, 3.05) is 0 Å². The van der Waals surface area contributed by atoms with Crippen molar-refractivity contribution in [1.29, 1.82) is 0 Å². The van der Waals surface area contributed by atoms with Crippen LogP contribution in [0.3, 0.4) is 0 Å². The molecule has 0 bridgehead atoms. The standard InChI is InChI=1S/C14H16FNO4S/c1-10(7-12-3-2-6-20-12)16-21(18,19)14-8-11(9-17)4-5-13(14)15/h2-6,8,10,16-17H,7,9H2,1H3. The summed E-state index contributed by atoms with van der Waals surface area (Å²) in [6, 6.07) is 6.46. The summed E-state index contributed by atoms with van der Waals surface area (Å²) in [4.78, 5) is -0.472. The normalized spacial score (nSPS) is 13.3. The van der Waals surface area contributed by atoms with Crippen LogP contribution in [0.5, 0.6) is 0 Å². The number of hydrogen-bond donors (Lipinski definition) is 2. The summed E-state index contributed by atoms with van der Waals surface area (Å²) in [5, 5.41) is 9.02. The lowest BCUT2D eigenvalue weighted by atomic mass is 10.2. The summed E-state index contributed by atoms with van der Waals surface area (Å²) in [7, 11) is -4.00. The number of furan rings is 1. The summed E-state index contributed by atoms with van der Waals surface area (Å²) >= 11 is 0. The monoisotopic (exact) mass is 313 g/mol. The van der Waals surface area contributed by atoms with Crippen molar-refractivity contribution in [3.8, 4) is 0 Å². The number of aliphatic hydroxyl groups excluding tert-OH is 1. The molecule has 7 heteroatoms. The summed E-state index contributed by atoms with van der Waals surface area (Å²) in [6.45, 7) is 1.30. The van der Waals surface area contributed by atoms with Crippen molar-refractivity contribution >= 4 is 10.0 Å². The van der Waals surface area contributed by atoms with E-state index in [1.807, 2.05) is 0 Å². The lowest BCUT2D eigenvalue weighted by Crippen LogP contribution is -2.34. The molecule has 114 valence electrons. The van der Waals surface area contributed by atoms with Crippen molar-refractivity contribution in [3.05, 3.63) is 53.7 Å². The van der Waals surface area contributed by atoms with Crippen LogP contribution in [-0.2, 0) is 23.1 Å². The molecule has 0 radical (unpaired) electrons. The molecule has 0 aliphatic carbocycles. The van der Waals surface area contributed by atoms with E-state index < -0.39 is 26.8 Å². The first-order valence-corrected chi connectivity index (χ1v) is 7.84. The van der Waals surface area contributed by atoms with Gasteiger partial charge in [0.15, 0.2) is 0 Å². The highest BCUT2D eigenvalue weighted by atomic mass is 32.2.